The molecule has 0 aromatic heterocycles. The lowest BCUT2D eigenvalue weighted by Crippen LogP contribution is -2.44. The molecule has 8 heteroatoms. The highest BCUT2D eigenvalue weighted by Gasteiger charge is 2.42. The Kier molecular flexibility index (Phi) is 8.19. The topological polar surface area (TPSA) is 93.9 Å². The fourth-order valence-electron chi connectivity index (χ4n) is 3.99. The minimum atomic E-state index is -0.785. The van der Waals surface area contributed by atoms with Crippen molar-refractivity contribution in [3.63, 3.8) is 0 Å². The third kappa shape index (κ3) is 5.63. The van der Waals surface area contributed by atoms with Crippen molar-refractivity contribution in [1.29, 1.82) is 0 Å². The zero-order valence-corrected chi connectivity index (χ0v) is 18.7. The molecule has 1 saturated heterocycles. The molecule has 0 spiro atoms. The maximum atomic E-state index is 13.4. The van der Waals surface area contributed by atoms with Crippen molar-refractivity contribution in [3.8, 4) is 5.75 Å². The monoisotopic (exact) mass is 441 g/mol. The molecule has 0 aliphatic carbocycles. The molecule has 0 bridgehead atoms. The van der Waals surface area contributed by atoms with E-state index in [0.29, 0.717) is 38.3 Å². The van der Waals surface area contributed by atoms with Gasteiger partial charge < -0.3 is 19.7 Å². The standard InChI is InChI=1S/C24H31N3O5/c1-3-26(4-2)15-18-32-22-11-7-20(8-12-22)25-23(28)24(13-16-31-17-14-24)19-5-9-21(10-6-19)27(29)30/h5-12H,3-4,13-18H2,1-2H3,(H,25,28). The van der Waals surface area contributed by atoms with E-state index in [9.17, 15) is 14.9 Å². The lowest BCUT2D eigenvalue weighted by Gasteiger charge is -2.36. The van der Waals surface area contributed by atoms with E-state index in [4.69, 9.17) is 9.47 Å². The second-order valence-corrected chi connectivity index (χ2v) is 7.85. The molecule has 8 nitrogen and oxygen atoms in total. The summed E-state index contributed by atoms with van der Waals surface area (Å²) in [7, 11) is 0. The number of non-ortho nitro benzene ring substituents is 1. The predicted molar refractivity (Wildman–Crippen MR) is 123 cm³/mol. The summed E-state index contributed by atoms with van der Waals surface area (Å²) < 4.78 is 11.3. The summed E-state index contributed by atoms with van der Waals surface area (Å²) in [5, 5.41) is 14.0. The van der Waals surface area contributed by atoms with Crippen molar-refractivity contribution < 1.29 is 19.2 Å². The van der Waals surface area contributed by atoms with Gasteiger partial charge in [-0.2, -0.15) is 0 Å². The van der Waals surface area contributed by atoms with Gasteiger partial charge in [-0.25, -0.2) is 0 Å². The Labute approximate surface area is 188 Å². The highest BCUT2D eigenvalue weighted by atomic mass is 16.6. The Hall–Kier alpha value is -2.97. The van der Waals surface area contributed by atoms with Crippen molar-refractivity contribution in [1.82, 2.24) is 4.90 Å². The number of carbonyl (C=O) groups is 1. The SMILES string of the molecule is CCN(CC)CCOc1ccc(NC(=O)C2(c3ccc([N+](=O)[O-])cc3)CCOCC2)cc1. The average Bonchev–Trinajstić information content (AvgIpc) is 2.83. The zero-order valence-electron chi connectivity index (χ0n) is 18.7. The van der Waals surface area contributed by atoms with Crippen LogP contribution in [0.3, 0.4) is 0 Å². The molecule has 2 aromatic carbocycles. The first-order valence-corrected chi connectivity index (χ1v) is 11.1. The van der Waals surface area contributed by atoms with Crippen LogP contribution in [0, 0.1) is 10.1 Å². The molecule has 2 aromatic rings. The van der Waals surface area contributed by atoms with Gasteiger partial charge in [0.2, 0.25) is 5.91 Å². The number of nitrogens with zero attached hydrogens (tertiary/aromatic N) is 2. The lowest BCUT2D eigenvalue weighted by atomic mass is 9.73. The summed E-state index contributed by atoms with van der Waals surface area (Å²) in [6.45, 7) is 8.64. The van der Waals surface area contributed by atoms with Crippen LogP contribution in [-0.2, 0) is 14.9 Å². The number of nitrogens with one attached hydrogen (secondary N) is 1. The number of hydrogen-bond acceptors (Lipinski definition) is 6. The van der Waals surface area contributed by atoms with Crippen molar-refractivity contribution in [2.24, 2.45) is 0 Å². The summed E-state index contributed by atoms with van der Waals surface area (Å²) in [6.07, 6.45) is 1.03. The van der Waals surface area contributed by atoms with Gasteiger partial charge >= 0.3 is 0 Å². The van der Waals surface area contributed by atoms with Crippen molar-refractivity contribution in [2.75, 3.05) is 44.8 Å². The van der Waals surface area contributed by atoms with Gasteiger partial charge in [-0.1, -0.05) is 26.0 Å². The quantitative estimate of drug-likeness (QED) is 0.442. The Morgan fingerprint density at radius 1 is 1.09 bits per heavy atom. The summed E-state index contributed by atoms with van der Waals surface area (Å²) in [4.78, 5) is 26.2. The van der Waals surface area contributed by atoms with E-state index < -0.39 is 10.3 Å². The van der Waals surface area contributed by atoms with Crippen molar-refractivity contribution in [2.45, 2.75) is 32.1 Å². The number of anilines is 1. The number of ether oxygens (including phenoxy) is 2. The number of nitro benzene ring substituents is 1. The number of carbonyl (C=O) groups excluding carboxylic acids is 1. The first-order chi connectivity index (χ1) is 15.5. The van der Waals surface area contributed by atoms with Crippen LogP contribution < -0.4 is 10.1 Å². The summed E-state index contributed by atoms with van der Waals surface area (Å²) in [6, 6.07) is 13.6. The van der Waals surface area contributed by atoms with Gasteiger partial charge in [-0.05, 0) is 55.8 Å². The minimum Gasteiger partial charge on any atom is -0.492 e. The van der Waals surface area contributed by atoms with Gasteiger partial charge in [0.1, 0.15) is 12.4 Å². The van der Waals surface area contributed by atoms with Crippen molar-refractivity contribution >= 4 is 17.3 Å². The Balaban J connectivity index is 1.68. The molecule has 0 radical (unpaired) electrons. The number of benzene rings is 2. The first kappa shape index (κ1) is 23.7. The Morgan fingerprint density at radius 2 is 1.72 bits per heavy atom. The van der Waals surface area contributed by atoms with Crippen LogP contribution >= 0.6 is 0 Å². The number of likely N-dealkylation sites (N-methyl/N-ethyl adjacent to an activating group) is 1. The van der Waals surface area contributed by atoms with Crippen LogP contribution in [0.2, 0.25) is 0 Å². The number of nitro groups is 1. The highest BCUT2D eigenvalue weighted by Crippen LogP contribution is 2.37. The molecular weight excluding hydrogens is 410 g/mol. The molecule has 1 heterocycles. The summed E-state index contributed by atoms with van der Waals surface area (Å²) in [5.74, 6) is 0.621. The maximum absolute atomic E-state index is 13.4. The number of hydrogen-bond donors (Lipinski definition) is 1. The highest BCUT2D eigenvalue weighted by molar-refractivity contribution is 5.99. The molecular formula is C24H31N3O5. The molecule has 1 N–H and O–H groups in total. The van der Waals surface area contributed by atoms with Crippen LogP contribution in [0.4, 0.5) is 11.4 Å². The third-order valence-electron chi connectivity index (χ3n) is 6.09. The Morgan fingerprint density at radius 3 is 2.28 bits per heavy atom. The third-order valence-corrected chi connectivity index (χ3v) is 6.09. The van der Waals surface area contributed by atoms with Crippen LogP contribution in [0.1, 0.15) is 32.3 Å². The van der Waals surface area contributed by atoms with Crippen LogP contribution in [0.25, 0.3) is 0 Å². The van der Waals surface area contributed by atoms with Gasteiger partial charge in [0, 0.05) is 37.6 Å². The second kappa shape index (κ2) is 11.1. The average molecular weight is 442 g/mol. The van der Waals surface area contributed by atoms with Crippen LogP contribution in [0.15, 0.2) is 48.5 Å². The fraction of sp³-hybridized carbons (Fsp3) is 0.458. The second-order valence-electron chi connectivity index (χ2n) is 7.85. The normalized spacial score (nSPS) is 15.3. The van der Waals surface area contributed by atoms with Gasteiger partial charge in [0.05, 0.1) is 10.3 Å². The lowest BCUT2D eigenvalue weighted by molar-refractivity contribution is -0.384. The molecule has 1 aliphatic rings. The molecule has 1 aliphatic heterocycles. The van der Waals surface area contributed by atoms with E-state index in [1.54, 1.807) is 12.1 Å². The molecule has 1 amide bonds. The van der Waals surface area contributed by atoms with E-state index in [-0.39, 0.29) is 11.6 Å². The van der Waals surface area contributed by atoms with E-state index >= 15 is 0 Å². The van der Waals surface area contributed by atoms with E-state index in [1.807, 2.05) is 24.3 Å². The largest absolute Gasteiger partial charge is 0.492 e. The molecule has 32 heavy (non-hydrogen) atoms. The zero-order chi connectivity index (χ0) is 23.0. The molecule has 1 fully saturated rings. The van der Waals surface area contributed by atoms with Crippen molar-refractivity contribution in [3.05, 3.63) is 64.2 Å². The van der Waals surface area contributed by atoms with Gasteiger partial charge in [0.15, 0.2) is 0 Å². The Bertz CT molecular complexity index is 889. The van der Waals surface area contributed by atoms with Gasteiger partial charge in [0.25, 0.3) is 5.69 Å². The van der Waals surface area contributed by atoms with Gasteiger partial charge in [-0.3, -0.25) is 14.9 Å². The smallest absolute Gasteiger partial charge is 0.269 e. The van der Waals surface area contributed by atoms with E-state index in [0.717, 1.165) is 30.9 Å². The number of amides is 1. The van der Waals surface area contributed by atoms with E-state index in [2.05, 4.69) is 24.1 Å². The minimum absolute atomic E-state index is 0.00736. The van der Waals surface area contributed by atoms with Crippen LogP contribution in [-0.4, -0.2) is 55.2 Å². The predicted octanol–water partition coefficient (Wildman–Crippen LogP) is 4.00. The fourth-order valence-corrected chi connectivity index (χ4v) is 3.99. The van der Waals surface area contributed by atoms with Crippen LogP contribution in [0.5, 0.6) is 5.75 Å². The number of rotatable bonds is 10. The first-order valence-electron chi connectivity index (χ1n) is 11.1. The maximum Gasteiger partial charge on any atom is 0.269 e. The van der Waals surface area contributed by atoms with Gasteiger partial charge in [-0.15, -0.1) is 0 Å². The molecule has 172 valence electrons. The van der Waals surface area contributed by atoms with E-state index in [1.165, 1.54) is 12.1 Å². The molecule has 0 saturated carbocycles. The molecule has 0 atom stereocenters. The molecule has 3 rings (SSSR count). The molecule has 0 unspecified atom stereocenters. The summed E-state index contributed by atoms with van der Waals surface area (Å²) in [5.41, 5.74) is 0.666. The summed E-state index contributed by atoms with van der Waals surface area (Å²) >= 11 is 0.